The molecule has 2 unspecified atom stereocenters. The summed E-state index contributed by atoms with van der Waals surface area (Å²) in [6.45, 7) is 4.96. The zero-order valence-corrected chi connectivity index (χ0v) is 14.3. The van der Waals surface area contributed by atoms with E-state index in [0.717, 1.165) is 5.76 Å². The molecule has 0 aromatic heterocycles. The quantitative estimate of drug-likeness (QED) is 0.685. The predicted octanol–water partition coefficient (Wildman–Crippen LogP) is 2.13. The maximum atomic E-state index is 12.7. The Morgan fingerprint density at radius 1 is 1.50 bits per heavy atom. The molecule has 0 spiro atoms. The van der Waals surface area contributed by atoms with E-state index >= 15 is 0 Å². The average molecular weight is 332 g/mol. The van der Waals surface area contributed by atoms with Gasteiger partial charge in [-0.3, -0.25) is 0 Å². The first-order valence-corrected chi connectivity index (χ1v) is 8.73. The van der Waals surface area contributed by atoms with Gasteiger partial charge in [-0.1, -0.05) is 6.92 Å². The summed E-state index contributed by atoms with van der Waals surface area (Å²) in [6.07, 6.45) is 2.59. The van der Waals surface area contributed by atoms with Gasteiger partial charge >= 0.3 is 5.97 Å². The van der Waals surface area contributed by atoms with Gasteiger partial charge in [0.25, 0.3) is 0 Å². The number of hydrogen-bond donors (Lipinski definition) is 1. The summed E-state index contributed by atoms with van der Waals surface area (Å²) in [7, 11) is -1.86. The number of carboxylic acid groups (broad SMARTS) is 1. The van der Waals surface area contributed by atoms with Crippen molar-refractivity contribution in [1.29, 1.82) is 0 Å². The molecular formula is C15H24O6S. The van der Waals surface area contributed by atoms with Crippen LogP contribution in [-0.2, 0) is 24.1 Å². The fourth-order valence-electron chi connectivity index (χ4n) is 2.58. The van der Waals surface area contributed by atoms with Crippen molar-refractivity contribution < 1.29 is 27.8 Å². The van der Waals surface area contributed by atoms with E-state index in [2.05, 4.69) is 0 Å². The number of carbonyl (C=O) groups is 1. The Kier molecular flexibility index (Phi) is 6.62. The van der Waals surface area contributed by atoms with E-state index in [0.29, 0.717) is 16.9 Å². The summed E-state index contributed by atoms with van der Waals surface area (Å²) in [5.74, 6) is -0.416. The standard InChI is InChI=1S/C15H24O6S/c1-10-7-13(20-4)8-11(2)15(10)22(18,19)12(3)5-6-21-9-14(16)17/h7,11-12H,5-6,8-9H2,1-4H3,(H,16,17). The molecule has 2 atom stereocenters. The van der Waals surface area contributed by atoms with Gasteiger partial charge < -0.3 is 14.6 Å². The fraction of sp³-hybridized carbons (Fsp3) is 0.667. The molecule has 126 valence electrons. The van der Waals surface area contributed by atoms with Gasteiger partial charge in [0, 0.05) is 13.0 Å². The molecular weight excluding hydrogens is 308 g/mol. The summed E-state index contributed by atoms with van der Waals surface area (Å²) >= 11 is 0. The number of ether oxygens (including phenoxy) is 2. The summed E-state index contributed by atoms with van der Waals surface area (Å²) < 4.78 is 35.6. The monoisotopic (exact) mass is 332 g/mol. The third-order valence-electron chi connectivity index (χ3n) is 3.71. The van der Waals surface area contributed by atoms with E-state index < -0.39 is 27.7 Å². The zero-order valence-electron chi connectivity index (χ0n) is 13.5. The van der Waals surface area contributed by atoms with Crippen molar-refractivity contribution in [3.63, 3.8) is 0 Å². The van der Waals surface area contributed by atoms with Gasteiger partial charge in [-0.05, 0) is 37.8 Å². The Morgan fingerprint density at radius 2 is 2.14 bits per heavy atom. The van der Waals surface area contributed by atoms with Crippen LogP contribution in [0, 0.1) is 5.92 Å². The molecule has 0 radical (unpaired) electrons. The first-order chi connectivity index (χ1) is 10.2. The second kappa shape index (κ2) is 7.78. The van der Waals surface area contributed by atoms with E-state index in [9.17, 15) is 13.2 Å². The van der Waals surface area contributed by atoms with Crippen LogP contribution in [0.25, 0.3) is 0 Å². The second-order valence-corrected chi connectivity index (χ2v) is 7.89. The van der Waals surface area contributed by atoms with Gasteiger partial charge in [0.1, 0.15) is 6.61 Å². The highest BCUT2D eigenvalue weighted by molar-refractivity contribution is 7.95. The van der Waals surface area contributed by atoms with Crippen molar-refractivity contribution in [2.24, 2.45) is 5.92 Å². The third kappa shape index (κ3) is 4.58. The molecule has 0 saturated carbocycles. The number of methoxy groups -OCH3 is 1. The normalized spacial score (nSPS) is 20.5. The van der Waals surface area contributed by atoms with E-state index in [1.165, 1.54) is 0 Å². The minimum atomic E-state index is -3.44. The molecule has 0 aromatic carbocycles. The Hall–Kier alpha value is -1.34. The molecule has 0 saturated heterocycles. The number of hydrogen-bond acceptors (Lipinski definition) is 5. The lowest BCUT2D eigenvalue weighted by atomic mass is 9.97. The van der Waals surface area contributed by atoms with Crippen LogP contribution in [0.3, 0.4) is 0 Å². The molecule has 1 N–H and O–H groups in total. The van der Waals surface area contributed by atoms with E-state index in [-0.39, 0.29) is 18.9 Å². The number of sulfone groups is 1. The summed E-state index contributed by atoms with van der Waals surface area (Å²) in [6, 6.07) is 0. The first-order valence-electron chi connectivity index (χ1n) is 7.18. The predicted molar refractivity (Wildman–Crippen MR) is 83.0 cm³/mol. The van der Waals surface area contributed by atoms with Crippen LogP contribution >= 0.6 is 0 Å². The maximum Gasteiger partial charge on any atom is 0.329 e. The summed E-state index contributed by atoms with van der Waals surface area (Å²) in [5.41, 5.74) is 0.703. The number of carboxylic acids is 1. The third-order valence-corrected chi connectivity index (χ3v) is 6.35. The Labute approximate surface area is 131 Å². The molecule has 1 rings (SSSR count). The van der Waals surface area contributed by atoms with Crippen molar-refractivity contribution >= 4 is 15.8 Å². The Bertz CT molecular complexity index is 573. The van der Waals surface area contributed by atoms with Gasteiger partial charge in [0.2, 0.25) is 0 Å². The molecule has 0 fully saturated rings. The first kappa shape index (κ1) is 18.7. The van der Waals surface area contributed by atoms with Crippen LogP contribution in [0.1, 0.15) is 33.6 Å². The molecule has 0 amide bonds. The highest BCUT2D eigenvalue weighted by Gasteiger charge is 2.33. The number of allylic oxidation sites excluding steroid dienone is 4. The lowest BCUT2D eigenvalue weighted by molar-refractivity contribution is -0.142. The van der Waals surface area contributed by atoms with Gasteiger partial charge in [-0.15, -0.1) is 0 Å². The van der Waals surface area contributed by atoms with E-state index in [1.807, 2.05) is 6.92 Å². The van der Waals surface area contributed by atoms with Crippen molar-refractivity contribution in [2.45, 2.75) is 38.9 Å². The van der Waals surface area contributed by atoms with Crippen LogP contribution in [0.15, 0.2) is 22.3 Å². The van der Waals surface area contributed by atoms with Crippen molar-refractivity contribution in [2.75, 3.05) is 20.3 Å². The smallest absolute Gasteiger partial charge is 0.329 e. The highest BCUT2D eigenvalue weighted by Crippen LogP contribution is 2.35. The Morgan fingerprint density at radius 3 is 2.64 bits per heavy atom. The minimum Gasteiger partial charge on any atom is -0.501 e. The van der Waals surface area contributed by atoms with Crippen LogP contribution in [0.2, 0.25) is 0 Å². The molecule has 0 bridgehead atoms. The number of aliphatic carboxylic acids is 1. The van der Waals surface area contributed by atoms with Crippen LogP contribution in [0.5, 0.6) is 0 Å². The molecule has 1 aliphatic carbocycles. The fourth-order valence-corrected chi connectivity index (χ4v) is 4.57. The number of rotatable bonds is 8. The van der Waals surface area contributed by atoms with E-state index in [1.54, 1.807) is 27.0 Å². The van der Waals surface area contributed by atoms with Crippen LogP contribution in [0.4, 0.5) is 0 Å². The van der Waals surface area contributed by atoms with Gasteiger partial charge in [-0.2, -0.15) is 0 Å². The van der Waals surface area contributed by atoms with E-state index in [4.69, 9.17) is 14.6 Å². The molecule has 22 heavy (non-hydrogen) atoms. The molecule has 0 aliphatic heterocycles. The molecule has 6 nitrogen and oxygen atoms in total. The van der Waals surface area contributed by atoms with Crippen molar-refractivity contribution in [1.82, 2.24) is 0 Å². The maximum absolute atomic E-state index is 12.7. The van der Waals surface area contributed by atoms with Crippen molar-refractivity contribution in [3.05, 3.63) is 22.3 Å². The largest absolute Gasteiger partial charge is 0.501 e. The van der Waals surface area contributed by atoms with Gasteiger partial charge in [0.05, 0.1) is 23.0 Å². The SMILES string of the molecule is COC1=CC(C)=C(S(=O)(=O)C(C)CCOCC(=O)O)C(C)C1. The van der Waals surface area contributed by atoms with Crippen LogP contribution < -0.4 is 0 Å². The topological polar surface area (TPSA) is 89.9 Å². The summed E-state index contributed by atoms with van der Waals surface area (Å²) in [4.78, 5) is 10.8. The van der Waals surface area contributed by atoms with Crippen LogP contribution in [-0.4, -0.2) is 45.1 Å². The Balaban J connectivity index is 2.84. The zero-order chi connectivity index (χ0) is 16.9. The highest BCUT2D eigenvalue weighted by atomic mass is 32.2. The summed E-state index contributed by atoms with van der Waals surface area (Å²) in [5, 5.41) is 7.87. The molecule has 0 aromatic rings. The molecule has 0 heterocycles. The lowest BCUT2D eigenvalue weighted by Crippen LogP contribution is -2.27. The van der Waals surface area contributed by atoms with Gasteiger partial charge in [-0.25, -0.2) is 13.2 Å². The molecule has 7 heteroatoms. The molecule has 1 aliphatic rings. The average Bonchev–Trinajstić information content (AvgIpc) is 2.41. The van der Waals surface area contributed by atoms with Gasteiger partial charge in [0.15, 0.2) is 9.84 Å². The second-order valence-electron chi connectivity index (χ2n) is 5.56. The van der Waals surface area contributed by atoms with Crippen molar-refractivity contribution in [3.8, 4) is 0 Å². The lowest BCUT2D eigenvalue weighted by Gasteiger charge is -2.26. The minimum absolute atomic E-state index is 0.104.